The van der Waals surface area contributed by atoms with Gasteiger partial charge in [-0.3, -0.25) is 9.78 Å². The highest BCUT2D eigenvalue weighted by molar-refractivity contribution is 5.97. The molecule has 3 nitrogen and oxygen atoms in total. The number of pyridine rings is 1. The lowest BCUT2D eigenvalue weighted by atomic mass is 10.1. The Morgan fingerprint density at radius 1 is 1.10 bits per heavy atom. The van der Waals surface area contributed by atoms with E-state index >= 15 is 0 Å². The molecule has 2 aromatic rings. The Morgan fingerprint density at radius 3 is 2.30 bits per heavy atom. The van der Waals surface area contributed by atoms with E-state index in [1.165, 1.54) is 5.56 Å². The Labute approximate surface area is 120 Å². The standard InChI is InChI=1S/C17H20N2O/c1-4-13-5-8-15(18-12-13)11-17(20)14-6-9-16(10-7-14)19(2)3/h5-10,12H,4,11H2,1-3H3. The molecule has 0 unspecified atom stereocenters. The molecule has 1 heterocycles. The lowest BCUT2D eigenvalue weighted by Gasteiger charge is -2.12. The first-order chi connectivity index (χ1) is 9.60. The second kappa shape index (κ2) is 6.33. The van der Waals surface area contributed by atoms with Crippen LogP contribution < -0.4 is 4.90 Å². The van der Waals surface area contributed by atoms with Gasteiger partial charge in [-0.2, -0.15) is 0 Å². The summed E-state index contributed by atoms with van der Waals surface area (Å²) < 4.78 is 0. The summed E-state index contributed by atoms with van der Waals surface area (Å²) in [5.74, 6) is 0.104. The fourth-order valence-electron chi connectivity index (χ4n) is 1.98. The molecule has 0 atom stereocenters. The molecular formula is C17H20N2O. The normalized spacial score (nSPS) is 10.3. The molecule has 0 saturated heterocycles. The molecule has 0 N–H and O–H groups in total. The van der Waals surface area contributed by atoms with Gasteiger partial charge in [0.25, 0.3) is 0 Å². The largest absolute Gasteiger partial charge is 0.378 e. The topological polar surface area (TPSA) is 33.2 Å². The van der Waals surface area contributed by atoms with Crippen LogP contribution in [-0.2, 0) is 12.8 Å². The van der Waals surface area contributed by atoms with E-state index in [4.69, 9.17) is 0 Å². The predicted molar refractivity (Wildman–Crippen MR) is 82.4 cm³/mol. The molecule has 2 rings (SSSR count). The van der Waals surface area contributed by atoms with E-state index < -0.39 is 0 Å². The fraction of sp³-hybridized carbons (Fsp3) is 0.294. The van der Waals surface area contributed by atoms with Gasteiger partial charge in [0.05, 0.1) is 6.42 Å². The van der Waals surface area contributed by atoms with Crippen molar-refractivity contribution >= 4 is 11.5 Å². The average Bonchev–Trinajstić information content (AvgIpc) is 2.48. The van der Waals surface area contributed by atoms with Crippen LogP contribution in [0.4, 0.5) is 5.69 Å². The van der Waals surface area contributed by atoms with Crippen LogP contribution in [0, 0.1) is 0 Å². The van der Waals surface area contributed by atoms with Crippen molar-refractivity contribution in [3.05, 3.63) is 59.4 Å². The van der Waals surface area contributed by atoms with Crippen molar-refractivity contribution in [1.29, 1.82) is 0 Å². The van der Waals surface area contributed by atoms with Gasteiger partial charge in [0, 0.05) is 37.2 Å². The molecule has 0 aliphatic heterocycles. The van der Waals surface area contributed by atoms with Crippen molar-refractivity contribution in [3.63, 3.8) is 0 Å². The van der Waals surface area contributed by atoms with Crippen LogP contribution in [0.15, 0.2) is 42.6 Å². The minimum absolute atomic E-state index is 0.104. The third-order valence-electron chi connectivity index (χ3n) is 3.34. The second-order valence-corrected chi connectivity index (χ2v) is 5.05. The zero-order chi connectivity index (χ0) is 14.5. The zero-order valence-corrected chi connectivity index (χ0v) is 12.3. The molecule has 0 amide bonds. The Morgan fingerprint density at radius 2 is 1.80 bits per heavy atom. The lowest BCUT2D eigenvalue weighted by molar-refractivity contribution is 0.0992. The van der Waals surface area contributed by atoms with E-state index in [0.717, 1.165) is 23.4 Å². The van der Waals surface area contributed by atoms with E-state index in [2.05, 4.69) is 11.9 Å². The highest BCUT2D eigenvalue weighted by Crippen LogP contribution is 2.14. The van der Waals surface area contributed by atoms with E-state index in [-0.39, 0.29) is 5.78 Å². The molecule has 104 valence electrons. The number of nitrogens with zero attached hydrogens (tertiary/aromatic N) is 2. The summed E-state index contributed by atoms with van der Waals surface area (Å²) in [5.41, 5.74) is 3.84. The number of carbonyl (C=O) groups is 1. The first-order valence-electron chi connectivity index (χ1n) is 6.84. The van der Waals surface area contributed by atoms with Gasteiger partial charge in [0.15, 0.2) is 5.78 Å². The van der Waals surface area contributed by atoms with Gasteiger partial charge in [-0.05, 0) is 42.3 Å². The van der Waals surface area contributed by atoms with Crippen LogP contribution >= 0.6 is 0 Å². The first kappa shape index (κ1) is 14.3. The molecule has 1 aromatic heterocycles. The number of ketones is 1. The van der Waals surface area contributed by atoms with Crippen LogP contribution in [0.2, 0.25) is 0 Å². The number of hydrogen-bond acceptors (Lipinski definition) is 3. The van der Waals surface area contributed by atoms with Crippen LogP contribution in [-0.4, -0.2) is 24.9 Å². The van der Waals surface area contributed by atoms with Gasteiger partial charge in [0.2, 0.25) is 0 Å². The maximum absolute atomic E-state index is 12.2. The van der Waals surface area contributed by atoms with Crippen LogP contribution in [0.1, 0.15) is 28.5 Å². The Bertz CT molecular complexity index is 571. The minimum atomic E-state index is 0.104. The molecular weight excluding hydrogens is 248 g/mol. The number of anilines is 1. The molecule has 0 fully saturated rings. The number of hydrogen-bond donors (Lipinski definition) is 0. The summed E-state index contributed by atoms with van der Waals surface area (Å²) in [7, 11) is 3.96. The summed E-state index contributed by atoms with van der Waals surface area (Å²) in [4.78, 5) is 18.5. The van der Waals surface area contributed by atoms with Crippen LogP contribution in [0.25, 0.3) is 0 Å². The molecule has 20 heavy (non-hydrogen) atoms. The summed E-state index contributed by atoms with van der Waals surface area (Å²) in [6.45, 7) is 2.09. The summed E-state index contributed by atoms with van der Waals surface area (Å²) in [5, 5.41) is 0. The zero-order valence-electron chi connectivity index (χ0n) is 12.3. The van der Waals surface area contributed by atoms with Crippen molar-refractivity contribution in [2.24, 2.45) is 0 Å². The third-order valence-corrected chi connectivity index (χ3v) is 3.34. The van der Waals surface area contributed by atoms with Gasteiger partial charge in [0.1, 0.15) is 0 Å². The van der Waals surface area contributed by atoms with Crippen LogP contribution in [0.3, 0.4) is 0 Å². The molecule has 3 heteroatoms. The van der Waals surface area contributed by atoms with Crippen LogP contribution in [0.5, 0.6) is 0 Å². The van der Waals surface area contributed by atoms with Gasteiger partial charge < -0.3 is 4.90 Å². The third kappa shape index (κ3) is 3.44. The molecule has 0 aliphatic rings. The van der Waals surface area contributed by atoms with Gasteiger partial charge in [-0.15, -0.1) is 0 Å². The Kier molecular flexibility index (Phi) is 4.51. The van der Waals surface area contributed by atoms with E-state index in [9.17, 15) is 4.79 Å². The number of aryl methyl sites for hydroxylation is 1. The number of rotatable bonds is 5. The average molecular weight is 268 g/mol. The number of carbonyl (C=O) groups excluding carboxylic acids is 1. The molecule has 0 spiro atoms. The van der Waals surface area contributed by atoms with Gasteiger partial charge in [-0.25, -0.2) is 0 Å². The SMILES string of the molecule is CCc1ccc(CC(=O)c2ccc(N(C)C)cc2)nc1. The monoisotopic (exact) mass is 268 g/mol. The maximum atomic E-state index is 12.2. The van der Waals surface area contributed by atoms with Crippen molar-refractivity contribution in [3.8, 4) is 0 Å². The van der Waals surface area contributed by atoms with Gasteiger partial charge >= 0.3 is 0 Å². The van der Waals surface area contributed by atoms with Crippen molar-refractivity contribution in [1.82, 2.24) is 4.98 Å². The van der Waals surface area contributed by atoms with Crippen molar-refractivity contribution in [2.45, 2.75) is 19.8 Å². The summed E-state index contributed by atoms with van der Waals surface area (Å²) in [6.07, 6.45) is 3.16. The van der Waals surface area contributed by atoms with Gasteiger partial charge in [-0.1, -0.05) is 13.0 Å². The lowest BCUT2D eigenvalue weighted by Crippen LogP contribution is -2.09. The quantitative estimate of drug-likeness (QED) is 0.781. The Hall–Kier alpha value is -2.16. The first-order valence-corrected chi connectivity index (χ1v) is 6.84. The smallest absolute Gasteiger partial charge is 0.168 e. The Balaban J connectivity index is 2.07. The number of Topliss-reactive ketones (excluding diaryl/α,β-unsaturated/α-hetero) is 1. The minimum Gasteiger partial charge on any atom is -0.378 e. The molecule has 1 aromatic carbocycles. The highest BCUT2D eigenvalue weighted by Gasteiger charge is 2.08. The molecule has 0 aliphatic carbocycles. The maximum Gasteiger partial charge on any atom is 0.168 e. The summed E-state index contributed by atoms with van der Waals surface area (Å²) in [6, 6.07) is 11.6. The number of benzene rings is 1. The van der Waals surface area contributed by atoms with Crippen molar-refractivity contribution in [2.75, 3.05) is 19.0 Å². The van der Waals surface area contributed by atoms with E-state index in [0.29, 0.717) is 6.42 Å². The fourth-order valence-corrected chi connectivity index (χ4v) is 1.98. The number of aromatic nitrogens is 1. The van der Waals surface area contributed by atoms with E-state index in [1.807, 2.05) is 61.6 Å². The summed E-state index contributed by atoms with van der Waals surface area (Å²) >= 11 is 0. The predicted octanol–water partition coefficient (Wildman–Crippen LogP) is 3.14. The van der Waals surface area contributed by atoms with E-state index in [1.54, 1.807) is 0 Å². The molecule has 0 saturated carbocycles. The molecule has 0 bridgehead atoms. The van der Waals surface area contributed by atoms with Crippen molar-refractivity contribution < 1.29 is 4.79 Å². The second-order valence-electron chi connectivity index (χ2n) is 5.05. The highest BCUT2D eigenvalue weighted by atomic mass is 16.1. The molecule has 0 radical (unpaired) electrons.